The zero-order valence-corrected chi connectivity index (χ0v) is 14.9. The van der Waals surface area contributed by atoms with Crippen LogP contribution in [0.4, 0.5) is 0 Å². The monoisotopic (exact) mass is 366 g/mol. The lowest BCUT2D eigenvalue weighted by Crippen LogP contribution is -2.32. The molecular weight excluding hydrogens is 344 g/mol. The second kappa shape index (κ2) is 7.29. The van der Waals surface area contributed by atoms with Gasteiger partial charge in [0.2, 0.25) is 0 Å². The molecule has 0 saturated carbocycles. The predicted molar refractivity (Wildman–Crippen MR) is 103 cm³/mol. The van der Waals surface area contributed by atoms with Gasteiger partial charge in [-0.05, 0) is 34.0 Å². The second-order valence-corrected chi connectivity index (χ2v) is 6.74. The molecule has 0 bridgehead atoms. The molecule has 3 N–H and O–H groups in total. The van der Waals surface area contributed by atoms with Crippen molar-refractivity contribution in [2.45, 2.75) is 24.4 Å². The first-order chi connectivity index (χ1) is 13.1. The first-order valence-electron chi connectivity index (χ1n) is 8.92. The number of fused-ring (bicyclic) bond motifs is 1. The summed E-state index contributed by atoms with van der Waals surface area (Å²) >= 11 is 0. The van der Waals surface area contributed by atoms with E-state index in [1.807, 2.05) is 42.5 Å². The molecule has 0 spiro atoms. The molecule has 1 fully saturated rings. The fraction of sp³-hybridized carbons (Fsp3) is 0.273. The summed E-state index contributed by atoms with van der Waals surface area (Å²) in [5.41, 5.74) is 2.66. The standard InChI is InChI=1S/C22H22O5/c1-26-18-10-9-14(16-8-4-6-13-5-2-3-7-15(13)16)11-17(18)22-21(25)20(24)19(12-23)27-22/h2-11,19-25H,12H2,1H3/t19-,20-,21-,22+/m1/s1. The molecule has 140 valence electrons. The van der Waals surface area contributed by atoms with Crippen LogP contribution < -0.4 is 4.74 Å². The lowest BCUT2D eigenvalue weighted by atomic mass is 9.94. The number of methoxy groups -OCH3 is 1. The van der Waals surface area contributed by atoms with E-state index in [4.69, 9.17) is 9.47 Å². The summed E-state index contributed by atoms with van der Waals surface area (Å²) < 4.78 is 11.2. The number of benzene rings is 3. The Morgan fingerprint density at radius 3 is 2.48 bits per heavy atom. The number of ether oxygens (including phenoxy) is 2. The maximum absolute atomic E-state index is 10.4. The molecule has 1 saturated heterocycles. The molecular formula is C22H22O5. The molecule has 0 amide bonds. The van der Waals surface area contributed by atoms with Gasteiger partial charge in [-0.15, -0.1) is 0 Å². The molecule has 3 aromatic rings. The second-order valence-electron chi connectivity index (χ2n) is 6.74. The van der Waals surface area contributed by atoms with Crippen LogP contribution >= 0.6 is 0 Å². The van der Waals surface area contributed by atoms with Gasteiger partial charge < -0.3 is 24.8 Å². The maximum Gasteiger partial charge on any atom is 0.124 e. The minimum absolute atomic E-state index is 0.361. The van der Waals surface area contributed by atoms with E-state index >= 15 is 0 Å². The predicted octanol–water partition coefficient (Wildman–Crippen LogP) is 2.67. The fourth-order valence-corrected chi connectivity index (χ4v) is 3.76. The van der Waals surface area contributed by atoms with Crippen LogP contribution in [0.2, 0.25) is 0 Å². The van der Waals surface area contributed by atoms with E-state index in [2.05, 4.69) is 18.2 Å². The molecule has 0 unspecified atom stereocenters. The molecule has 5 nitrogen and oxygen atoms in total. The van der Waals surface area contributed by atoms with E-state index in [9.17, 15) is 15.3 Å². The van der Waals surface area contributed by atoms with Gasteiger partial charge in [-0.3, -0.25) is 0 Å². The Labute approximate surface area is 157 Å². The van der Waals surface area contributed by atoms with Gasteiger partial charge >= 0.3 is 0 Å². The Morgan fingerprint density at radius 2 is 1.74 bits per heavy atom. The first kappa shape index (κ1) is 17.9. The van der Waals surface area contributed by atoms with Crippen LogP contribution in [0.5, 0.6) is 5.75 Å². The van der Waals surface area contributed by atoms with Crippen LogP contribution in [-0.4, -0.2) is 47.3 Å². The van der Waals surface area contributed by atoms with Gasteiger partial charge in [0.15, 0.2) is 0 Å². The third kappa shape index (κ3) is 3.09. The SMILES string of the molecule is COc1ccc(-c2cccc3ccccc23)cc1[C@@H]1O[C@H](CO)[C@@H](O)[C@H]1O. The molecule has 27 heavy (non-hydrogen) atoms. The van der Waals surface area contributed by atoms with Gasteiger partial charge in [-0.25, -0.2) is 0 Å². The summed E-state index contributed by atoms with van der Waals surface area (Å²) in [4.78, 5) is 0. The van der Waals surface area contributed by atoms with E-state index < -0.39 is 24.4 Å². The number of aliphatic hydroxyl groups is 3. The highest BCUT2D eigenvalue weighted by Gasteiger charge is 2.44. The number of hydrogen-bond donors (Lipinski definition) is 3. The maximum atomic E-state index is 10.4. The minimum atomic E-state index is -1.15. The van der Waals surface area contributed by atoms with Crippen molar-refractivity contribution < 1.29 is 24.8 Å². The lowest BCUT2D eigenvalue weighted by Gasteiger charge is -2.19. The van der Waals surface area contributed by atoms with Crippen molar-refractivity contribution in [3.05, 3.63) is 66.2 Å². The molecule has 1 aliphatic heterocycles. The number of aliphatic hydroxyl groups excluding tert-OH is 3. The van der Waals surface area contributed by atoms with Crippen LogP contribution in [0, 0.1) is 0 Å². The zero-order chi connectivity index (χ0) is 19.0. The van der Waals surface area contributed by atoms with Crippen LogP contribution in [-0.2, 0) is 4.74 Å². The molecule has 4 atom stereocenters. The molecule has 0 radical (unpaired) electrons. The van der Waals surface area contributed by atoms with Crippen molar-refractivity contribution in [1.29, 1.82) is 0 Å². The van der Waals surface area contributed by atoms with Gasteiger partial charge in [-0.1, -0.05) is 48.5 Å². The average Bonchev–Trinajstić information content (AvgIpc) is 3.01. The summed E-state index contributed by atoms with van der Waals surface area (Å²) in [5.74, 6) is 0.564. The quantitative estimate of drug-likeness (QED) is 0.662. The van der Waals surface area contributed by atoms with Crippen LogP contribution in [0.1, 0.15) is 11.7 Å². The Kier molecular flexibility index (Phi) is 4.85. The third-order valence-electron chi connectivity index (χ3n) is 5.18. The molecule has 3 aromatic carbocycles. The molecule has 1 aliphatic rings. The Morgan fingerprint density at radius 1 is 0.963 bits per heavy atom. The van der Waals surface area contributed by atoms with Crippen molar-refractivity contribution in [2.24, 2.45) is 0 Å². The van der Waals surface area contributed by atoms with Crippen LogP contribution in [0.25, 0.3) is 21.9 Å². The normalized spacial score (nSPS) is 25.0. The molecule has 0 aromatic heterocycles. The summed E-state index contributed by atoms with van der Waals surface area (Å²) in [6.07, 6.45) is -3.89. The van der Waals surface area contributed by atoms with Crippen molar-refractivity contribution in [1.82, 2.24) is 0 Å². The van der Waals surface area contributed by atoms with Gasteiger partial charge in [0.25, 0.3) is 0 Å². The van der Waals surface area contributed by atoms with Gasteiger partial charge in [0.05, 0.1) is 13.7 Å². The van der Waals surface area contributed by atoms with E-state index in [0.717, 1.165) is 21.9 Å². The van der Waals surface area contributed by atoms with Gasteiger partial charge in [0, 0.05) is 5.56 Å². The van der Waals surface area contributed by atoms with Crippen LogP contribution in [0.3, 0.4) is 0 Å². The number of rotatable bonds is 4. The first-order valence-corrected chi connectivity index (χ1v) is 8.92. The number of hydrogen-bond acceptors (Lipinski definition) is 5. The Balaban J connectivity index is 1.82. The topological polar surface area (TPSA) is 79.2 Å². The molecule has 1 heterocycles. The van der Waals surface area contributed by atoms with E-state index in [-0.39, 0.29) is 6.61 Å². The average molecular weight is 366 g/mol. The van der Waals surface area contributed by atoms with Crippen molar-refractivity contribution in [2.75, 3.05) is 13.7 Å². The van der Waals surface area contributed by atoms with E-state index in [1.165, 1.54) is 0 Å². The summed E-state index contributed by atoms with van der Waals surface area (Å²) in [7, 11) is 1.55. The highest BCUT2D eigenvalue weighted by molar-refractivity contribution is 5.96. The zero-order valence-electron chi connectivity index (χ0n) is 14.9. The molecule has 4 rings (SSSR count). The van der Waals surface area contributed by atoms with Crippen molar-refractivity contribution >= 4 is 10.8 Å². The van der Waals surface area contributed by atoms with Crippen LogP contribution in [0.15, 0.2) is 60.7 Å². The van der Waals surface area contributed by atoms with Crippen molar-refractivity contribution in [3.8, 4) is 16.9 Å². The van der Waals surface area contributed by atoms with Gasteiger partial charge in [0.1, 0.15) is 30.2 Å². The lowest BCUT2D eigenvalue weighted by molar-refractivity contribution is -0.0233. The Bertz CT molecular complexity index is 949. The largest absolute Gasteiger partial charge is 0.496 e. The van der Waals surface area contributed by atoms with E-state index in [1.54, 1.807) is 7.11 Å². The summed E-state index contributed by atoms with van der Waals surface area (Å²) in [6.45, 7) is -0.361. The summed E-state index contributed by atoms with van der Waals surface area (Å²) in [6, 6.07) is 20.0. The Hall–Kier alpha value is -2.44. The highest BCUT2D eigenvalue weighted by Crippen LogP contribution is 2.40. The highest BCUT2D eigenvalue weighted by atomic mass is 16.6. The smallest absolute Gasteiger partial charge is 0.124 e. The fourth-order valence-electron chi connectivity index (χ4n) is 3.76. The van der Waals surface area contributed by atoms with E-state index in [0.29, 0.717) is 11.3 Å². The summed E-state index contributed by atoms with van der Waals surface area (Å²) in [5, 5.41) is 32.2. The molecule has 0 aliphatic carbocycles. The third-order valence-corrected chi connectivity index (χ3v) is 5.18. The van der Waals surface area contributed by atoms with Crippen molar-refractivity contribution in [3.63, 3.8) is 0 Å². The van der Waals surface area contributed by atoms with Gasteiger partial charge in [-0.2, -0.15) is 0 Å². The molecule has 5 heteroatoms. The minimum Gasteiger partial charge on any atom is -0.496 e.